The number of ether oxygens (including phenoxy) is 2. The lowest BCUT2D eigenvalue weighted by atomic mass is 10.2. The van der Waals surface area contributed by atoms with Gasteiger partial charge in [0.2, 0.25) is 0 Å². The van der Waals surface area contributed by atoms with Crippen molar-refractivity contribution in [1.29, 1.82) is 0 Å². The third kappa shape index (κ3) is 10.8. The molecule has 0 unspecified atom stereocenters. The Balaban J connectivity index is 0.000000646. The molecule has 0 aliphatic heterocycles. The molecule has 0 radical (unpaired) electrons. The molecule has 0 aromatic heterocycles. The van der Waals surface area contributed by atoms with Crippen LogP contribution in [-0.2, 0) is 28.0 Å². The van der Waals surface area contributed by atoms with E-state index in [1.165, 1.54) is 30.0 Å². The molecule has 2 aromatic rings. The van der Waals surface area contributed by atoms with Gasteiger partial charge in [0.1, 0.15) is 11.5 Å². The maximum atomic E-state index is 11.1. The molecule has 0 amide bonds. The van der Waals surface area contributed by atoms with Crippen molar-refractivity contribution in [3.8, 4) is 5.75 Å². The van der Waals surface area contributed by atoms with E-state index in [1.54, 1.807) is 6.07 Å². The molecule has 0 heterocycles. The number of hydrogen-bond acceptors (Lipinski definition) is 3. The van der Waals surface area contributed by atoms with E-state index in [0.717, 1.165) is 17.1 Å². The van der Waals surface area contributed by atoms with Crippen molar-refractivity contribution in [3.63, 3.8) is 0 Å². The van der Waals surface area contributed by atoms with Crippen molar-refractivity contribution in [2.75, 3.05) is 7.11 Å². The molecular formula is C17H18BClF4O3S. The van der Waals surface area contributed by atoms with Gasteiger partial charge in [-0.05, 0) is 30.8 Å². The van der Waals surface area contributed by atoms with Crippen LogP contribution in [0, 0.1) is 6.92 Å². The molecule has 0 spiro atoms. The minimum Gasteiger partial charge on any atom is -0.437 e. The summed E-state index contributed by atoms with van der Waals surface area (Å²) in [6, 6.07) is 14.0. The average Bonchev–Trinajstić information content (AvgIpc) is 2.57. The minimum absolute atomic E-state index is 0.312. The van der Waals surface area contributed by atoms with Crippen LogP contribution in [0.3, 0.4) is 0 Å². The number of benzene rings is 2. The predicted molar refractivity (Wildman–Crippen MR) is 102 cm³/mol. The Hall–Kier alpha value is -1.87. The molecule has 0 atom stereocenters. The van der Waals surface area contributed by atoms with Gasteiger partial charge in [-0.2, -0.15) is 0 Å². The molecule has 0 saturated heterocycles. The minimum atomic E-state index is -6.00. The van der Waals surface area contributed by atoms with Gasteiger partial charge >= 0.3 is 13.4 Å². The van der Waals surface area contributed by atoms with Crippen LogP contribution in [-0.4, -0.2) is 20.5 Å². The molecule has 148 valence electrons. The summed E-state index contributed by atoms with van der Waals surface area (Å²) >= 11 is 7.40. The number of thiol groups is 1. The highest BCUT2D eigenvalue weighted by Crippen LogP contribution is 2.26. The summed E-state index contributed by atoms with van der Waals surface area (Å²) in [5, 5.41) is 0.411. The number of rotatable bonds is 5. The maximum Gasteiger partial charge on any atom is 0.673 e. The first-order valence-electron chi connectivity index (χ1n) is 7.69. The zero-order chi connectivity index (χ0) is 20.4. The summed E-state index contributed by atoms with van der Waals surface area (Å²) in [5.41, 5.74) is 3.70. The van der Waals surface area contributed by atoms with Crippen molar-refractivity contribution in [1.82, 2.24) is 0 Å². The molecule has 2 rings (SSSR count). The van der Waals surface area contributed by atoms with E-state index in [9.17, 15) is 22.1 Å². The van der Waals surface area contributed by atoms with E-state index in [-0.39, 0.29) is 0 Å². The second kappa shape index (κ2) is 11.1. The summed E-state index contributed by atoms with van der Waals surface area (Å²) in [4.78, 5) is 11.1. The number of methoxy groups -OCH3 is 1. The second-order valence-corrected chi connectivity index (χ2v) is 6.83. The van der Waals surface area contributed by atoms with Gasteiger partial charge < -0.3 is 26.7 Å². The summed E-state index contributed by atoms with van der Waals surface area (Å²) in [6.45, 7) is 2.08. The van der Waals surface area contributed by atoms with Crippen molar-refractivity contribution in [3.05, 3.63) is 64.2 Å². The van der Waals surface area contributed by atoms with E-state index in [1.807, 2.05) is 12.1 Å². The predicted octanol–water partition coefficient (Wildman–Crippen LogP) is 5.61. The second-order valence-electron chi connectivity index (χ2n) is 5.34. The van der Waals surface area contributed by atoms with Crippen LogP contribution in [0.1, 0.15) is 16.7 Å². The van der Waals surface area contributed by atoms with E-state index in [0.29, 0.717) is 10.8 Å². The average molecular weight is 425 g/mol. The number of halogens is 5. The van der Waals surface area contributed by atoms with Crippen LogP contribution >= 0.6 is 11.6 Å². The van der Waals surface area contributed by atoms with E-state index < -0.39 is 13.4 Å². The highest BCUT2D eigenvalue weighted by atomic mass is 35.5. The monoisotopic (exact) mass is 424 g/mol. The van der Waals surface area contributed by atoms with E-state index in [4.69, 9.17) is 16.3 Å². The molecule has 2 aromatic carbocycles. The van der Waals surface area contributed by atoms with E-state index in [2.05, 4.69) is 35.9 Å². The van der Waals surface area contributed by atoms with Crippen LogP contribution < -0.4 is 4.74 Å². The molecule has 0 saturated carbocycles. The summed E-state index contributed by atoms with van der Waals surface area (Å²) in [7, 11) is -4.74. The van der Waals surface area contributed by atoms with Gasteiger partial charge in [-0.25, -0.2) is 4.79 Å². The van der Waals surface area contributed by atoms with Gasteiger partial charge in [0, 0.05) is 11.1 Å². The SMILES string of the molecule is COC(=O)Oc1ccc(C[SH+]Cc2ccc(C)cc2)cc1Cl.F[B-](F)(F)F. The quantitative estimate of drug-likeness (QED) is 0.156. The number of aryl methyl sites for hydroxylation is 1. The summed E-state index contributed by atoms with van der Waals surface area (Å²) in [6.07, 6.45) is -0.771. The molecular weight excluding hydrogens is 407 g/mol. The highest BCUT2D eigenvalue weighted by molar-refractivity contribution is 7.76. The summed E-state index contributed by atoms with van der Waals surface area (Å²) < 4.78 is 48.4. The van der Waals surface area contributed by atoms with Gasteiger partial charge in [-0.15, -0.1) is 0 Å². The fraction of sp³-hybridized carbons (Fsp3) is 0.235. The Morgan fingerprint density at radius 1 is 1.04 bits per heavy atom. The Morgan fingerprint density at radius 2 is 1.56 bits per heavy atom. The lowest BCUT2D eigenvalue weighted by Crippen LogP contribution is -2.07. The maximum absolute atomic E-state index is 11.1. The first-order chi connectivity index (χ1) is 12.6. The molecule has 0 bridgehead atoms. The smallest absolute Gasteiger partial charge is 0.437 e. The molecule has 0 aliphatic carbocycles. The first-order valence-corrected chi connectivity index (χ1v) is 9.33. The third-order valence-electron chi connectivity index (χ3n) is 3.07. The standard InChI is InChI=1S/C17H17ClO3S.BF4/c1-12-3-5-13(6-4-12)10-22-11-14-7-8-16(15(18)9-14)21-17(19)20-2;2-1(3,4)5/h3-9H,10-11H2,1-2H3;/q;-1/p+1. The third-order valence-corrected chi connectivity index (χ3v) is 4.54. The van der Waals surface area contributed by atoms with Crippen molar-refractivity contribution < 1.29 is 31.5 Å². The van der Waals surface area contributed by atoms with Crippen LogP contribution in [0.4, 0.5) is 22.1 Å². The van der Waals surface area contributed by atoms with Crippen LogP contribution in [0.15, 0.2) is 42.5 Å². The van der Waals surface area contributed by atoms with Gasteiger partial charge in [0.25, 0.3) is 0 Å². The normalized spacial score (nSPS) is 10.6. The van der Waals surface area contributed by atoms with Gasteiger partial charge in [-0.3, -0.25) is 0 Å². The largest absolute Gasteiger partial charge is 0.673 e. The van der Waals surface area contributed by atoms with Gasteiger partial charge in [0.15, 0.2) is 5.75 Å². The number of carbonyl (C=O) groups excluding carboxylic acids is 1. The molecule has 3 nitrogen and oxygen atoms in total. The topological polar surface area (TPSA) is 35.5 Å². The first kappa shape index (κ1) is 23.2. The molecule has 27 heavy (non-hydrogen) atoms. The van der Waals surface area contributed by atoms with Crippen molar-refractivity contribution in [2.45, 2.75) is 18.4 Å². The van der Waals surface area contributed by atoms with Gasteiger partial charge in [-0.1, -0.05) is 47.5 Å². The Bertz CT molecular complexity index is 736. The molecule has 10 heteroatoms. The number of hydrogen-bond donors (Lipinski definition) is 0. The lowest BCUT2D eigenvalue weighted by Gasteiger charge is -2.05. The lowest BCUT2D eigenvalue weighted by molar-refractivity contribution is 0.121. The van der Waals surface area contributed by atoms with Gasteiger partial charge in [0.05, 0.1) is 12.1 Å². The van der Waals surface area contributed by atoms with Crippen molar-refractivity contribution >= 4 is 36.8 Å². The Morgan fingerprint density at radius 3 is 2.07 bits per heavy atom. The molecule has 0 aliphatic rings. The van der Waals surface area contributed by atoms with Crippen LogP contribution in [0.25, 0.3) is 0 Å². The zero-order valence-corrected chi connectivity index (χ0v) is 16.2. The zero-order valence-electron chi connectivity index (χ0n) is 14.6. The Labute approximate surface area is 164 Å². The fourth-order valence-corrected chi connectivity index (χ4v) is 3.14. The van der Waals surface area contributed by atoms with E-state index >= 15 is 0 Å². The molecule has 0 fully saturated rings. The molecule has 0 N–H and O–H groups in total. The highest BCUT2D eigenvalue weighted by Gasteiger charge is 2.20. The van der Waals surface area contributed by atoms with Crippen molar-refractivity contribution in [2.24, 2.45) is 0 Å². The van der Waals surface area contributed by atoms with Crippen LogP contribution in [0.5, 0.6) is 5.75 Å². The fourth-order valence-electron chi connectivity index (χ4n) is 1.86. The van der Waals surface area contributed by atoms with Crippen LogP contribution in [0.2, 0.25) is 5.02 Å². The Kier molecular flexibility index (Phi) is 9.52. The summed E-state index contributed by atoms with van der Waals surface area (Å²) in [5.74, 6) is 2.21. The number of carbonyl (C=O) groups is 1.